The molecule has 0 unspecified atom stereocenters. The number of carbonyl (C=O) groups excluding carboxylic acids is 1. The Balaban J connectivity index is 3.24. The average Bonchev–Trinajstić information content (AvgIpc) is 2.17. The molecule has 0 aliphatic carbocycles. The number of aldehydes is 1. The number of benzene rings is 1. The van der Waals surface area contributed by atoms with Gasteiger partial charge >= 0.3 is 0 Å². The van der Waals surface area contributed by atoms with Crippen LogP contribution in [-0.4, -0.2) is 12.7 Å². The predicted octanol–water partition coefficient (Wildman–Crippen LogP) is 3.04. The minimum atomic E-state index is -2.48. The summed E-state index contributed by atoms with van der Waals surface area (Å²) >= 11 is 0. The minimum absolute atomic E-state index is 0.331. The molecular weight excluding hydrogens is 186 g/mol. The van der Waals surface area contributed by atoms with E-state index in [0.29, 0.717) is 17.4 Å². The van der Waals surface area contributed by atoms with Crippen molar-refractivity contribution in [3.63, 3.8) is 0 Å². The van der Waals surface area contributed by atoms with E-state index in [0.717, 1.165) is 0 Å². The molecular formula is C11H12F2O. The van der Waals surface area contributed by atoms with E-state index in [9.17, 15) is 13.6 Å². The van der Waals surface area contributed by atoms with Gasteiger partial charge in [-0.1, -0.05) is 38.1 Å². The largest absolute Gasteiger partial charge is 0.298 e. The third-order valence-corrected chi connectivity index (χ3v) is 2.33. The Morgan fingerprint density at radius 2 is 1.86 bits per heavy atom. The summed E-state index contributed by atoms with van der Waals surface area (Å²) < 4.78 is 25.4. The quantitative estimate of drug-likeness (QED) is 0.682. The lowest BCUT2D eigenvalue weighted by molar-refractivity contribution is 0.0689. The molecule has 14 heavy (non-hydrogen) atoms. The van der Waals surface area contributed by atoms with E-state index in [-0.39, 0.29) is 0 Å². The van der Waals surface area contributed by atoms with Gasteiger partial charge in [0.05, 0.1) is 5.41 Å². The smallest absolute Gasteiger partial charge is 0.247 e. The fourth-order valence-electron chi connectivity index (χ4n) is 1.30. The zero-order valence-electron chi connectivity index (χ0n) is 8.13. The lowest BCUT2D eigenvalue weighted by atomic mass is 9.82. The maximum Gasteiger partial charge on any atom is 0.247 e. The van der Waals surface area contributed by atoms with Gasteiger partial charge < -0.3 is 0 Å². The third-order valence-electron chi connectivity index (χ3n) is 2.33. The summed E-state index contributed by atoms with van der Waals surface area (Å²) in [5.74, 6) is 0. The van der Waals surface area contributed by atoms with E-state index in [4.69, 9.17) is 0 Å². The number of halogens is 2. The van der Waals surface area contributed by atoms with Crippen molar-refractivity contribution in [2.45, 2.75) is 25.7 Å². The molecule has 0 fully saturated rings. The van der Waals surface area contributed by atoms with Crippen molar-refractivity contribution in [3.8, 4) is 0 Å². The van der Waals surface area contributed by atoms with Gasteiger partial charge in [0.1, 0.15) is 6.29 Å². The highest BCUT2D eigenvalue weighted by Crippen LogP contribution is 2.31. The monoisotopic (exact) mass is 198 g/mol. The summed E-state index contributed by atoms with van der Waals surface area (Å²) in [7, 11) is 0. The topological polar surface area (TPSA) is 17.1 Å². The van der Waals surface area contributed by atoms with Crippen LogP contribution in [0, 0.1) is 0 Å². The molecule has 0 saturated carbocycles. The Bertz CT molecular complexity index is 332. The van der Waals surface area contributed by atoms with Crippen LogP contribution >= 0.6 is 0 Å². The van der Waals surface area contributed by atoms with E-state index in [1.54, 1.807) is 24.3 Å². The maximum absolute atomic E-state index is 12.7. The second-order valence-electron chi connectivity index (χ2n) is 3.73. The first-order chi connectivity index (χ1) is 6.50. The second kappa shape index (κ2) is 3.86. The van der Waals surface area contributed by atoms with E-state index >= 15 is 0 Å². The highest BCUT2D eigenvalue weighted by Gasteiger charge is 2.33. The predicted molar refractivity (Wildman–Crippen MR) is 50.9 cm³/mol. The zero-order valence-corrected chi connectivity index (χ0v) is 8.13. The summed E-state index contributed by atoms with van der Waals surface area (Å²) in [5.41, 5.74) is -0.555. The number of rotatable bonds is 3. The van der Waals surface area contributed by atoms with E-state index in [1.807, 2.05) is 0 Å². The second-order valence-corrected chi connectivity index (χ2v) is 3.73. The van der Waals surface area contributed by atoms with Crippen molar-refractivity contribution < 1.29 is 13.6 Å². The normalized spacial score (nSPS) is 11.8. The molecule has 0 radical (unpaired) electrons. The van der Waals surface area contributed by atoms with Gasteiger partial charge in [-0.25, -0.2) is 8.78 Å². The van der Waals surface area contributed by atoms with Gasteiger partial charge in [0.15, 0.2) is 0 Å². The van der Waals surface area contributed by atoms with Crippen molar-refractivity contribution in [3.05, 3.63) is 35.4 Å². The first-order valence-electron chi connectivity index (χ1n) is 4.33. The summed E-state index contributed by atoms with van der Waals surface area (Å²) in [5, 5.41) is 0. The van der Waals surface area contributed by atoms with Crippen molar-refractivity contribution in [1.82, 2.24) is 0 Å². The number of hydrogen-bond donors (Lipinski definition) is 0. The van der Waals surface area contributed by atoms with Crippen LogP contribution in [0.1, 0.15) is 29.8 Å². The fourth-order valence-corrected chi connectivity index (χ4v) is 1.30. The Morgan fingerprint density at radius 1 is 1.29 bits per heavy atom. The van der Waals surface area contributed by atoms with Gasteiger partial charge in [0.25, 0.3) is 0 Å². The molecule has 1 rings (SSSR count). The Kier molecular flexibility index (Phi) is 2.99. The van der Waals surface area contributed by atoms with Gasteiger partial charge in [-0.2, -0.15) is 0 Å². The average molecular weight is 198 g/mol. The maximum atomic E-state index is 12.7. The summed E-state index contributed by atoms with van der Waals surface area (Å²) in [6, 6.07) is 6.43. The molecule has 1 aromatic rings. The van der Waals surface area contributed by atoms with Gasteiger partial charge in [0, 0.05) is 5.56 Å². The van der Waals surface area contributed by atoms with Crippen molar-refractivity contribution >= 4 is 6.29 Å². The highest BCUT2D eigenvalue weighted by molar-refractivity contribution is 5.77. The van der Waals surface area contributed by atoms with E-state index in [1.165, 1.54) is 13.8 Å². The molecule has 76 valence electrons. The Hall–Kier alpha value is -1.25. The van der Waals surface area contributed by atoms with Crippen LogP contribution in [-0.2, 0) is 5.41 Å². The van der Waals surface area contributed by atoms with Gasteiger partial charge in [-0.05, 0) is 5.56 Å². The molecule has 0 amide bonds. The van der Waals surface area contributed by atoms with E-state index < -0.39 is 11.8 Å². The molecule has 0 atom stereocenters. The van der Waals surface area contributed by atoms with Crippen LogP contribution in [0.5, 0.6) is 0 Å². The lowest BCUT2D eigenvalue weighted by Crippen LogP contribution is -2.28. The van der Waals surface area contributed by atoms with Crippen LogP contribution in [0.3, 0.4) is 0 Å². The van der Waals surface area contributed by atoms with Gasteiger partial charge in [0.2, 0.25) is 6.43 Å². The van der Waals surface area contributed by atoms with Crippen molar-refractivity contribution in [2.24, 2.45) is 0 Å². The van der Waals surface area contributed by atoms with Crippen LogP contribution in [0.2, 0.25) is 0 Å². The van der Waals surface area contributed by atoms with Crippen molar-refractivity contribution in [2.75, 3.05) is 0 Å². The zero-order chi connectivity index (χ0) is 10.8. The molecule has 0 aromatic heterocycles. The van der Waals surface area contributed by atoms with Gasteiger partial charge in [-0.3, -0.25) is 4.79 Å². The molecule has 1 aromatic carbocycles. The molecule has 0 spiro atoms. The molecule has 3 heteroatoms. The first kappa shape index (κ1) is 10.8. The standard InChI is InChI=1S/C11H12F2O/c1-11(2,10(12)13)9-6-4-3-5-8(9)7-14/h3-7,10H,1-2H3. The Morgan fingerprint density at radius 3 is 2.36 bits per heavy atom. The summed E-state index contributed by atoms with van der Waals surface area (Å²) in [4.78, 5) is 10.7. The molecule has 0 aliphatic heterocycles. The molecule has 0 heterocycles. The molecule has 0 aliphatic rings. The number of carbonyl (C=O) groups is 1. The Labute approximate surface area is 81.7 Å². The summed E-state index contributed by atoms with van der Waals surface area (Å²) in [6.45, 7) is 2.86. The number of hydrogen-bond acceptors (Lipinski definition) is 1. The molecule has 0 N–H and O–H groups in total. The van der Waals surface area contributed by atoms with Crippen LogP contribution < -0.4 is 0 Å². The van der Waals surface area contributed by atoms with Crippen LogP contribution in [0.25, 0.3) is 0 Å². The minimum Gasteiger partial charge on any atom is -0.298 e. The third kappa shape index (κ3) is 1.81. The number of alkyl halides is 2. The highest BCUT2D eigenvalue weighted by atomic mass is 19.3. The molecule has 0 bridgehead atoms. The SMILES string of the molecule is CC(C)(c1ccccc1C=O)C(F)F. The van der Waals surface area contributed by atoms with E-state index in [2.05, 4.69) is 0 Å². The molecule has 0 saturated heterocycles. The van der Waals surface area contributed by atoms with Crippen molar-refractivity contribution in [1.29, 1.82) is 0 Å². The summed E-state index contributed by atoms with van der Waals surface area (Å²) in [6.07, 6.45) is -1.87. The first-order valence-corrected chi connectivity index (χ1v) is 4.33. The lowest BCUT2D eigenvalue weighted by Gasteiger charge is -2.25. The van der Waals surface area contributed by atoms with Crippen LogP contribution in [0.4, 0.5) is 8.78 Å². The molecule has 1 nitrogen and oxygen atoms in total. The van der Waals surface area contributed by atoms with Crippen LogP contribution in [0.15, 0.2) is 24.3 Å². The fraction of sp³-hybridized carbons (Fsp3) is 0.364. The van der Waals surface area contributed by atoms with Gasteiger partial charge in [-0.15, -0.1) is 0 Å².